The molecule has 4 nitrogen and oxygen atoms in total. The number of hydrogen-bond donors (Lipinski definition) is 2. The molecule has 0 spiro atoms. The first kappa shape index (κ1) is 15.8. The Kier molecular flexibility index (Phi) is 5.22. The lowest BCUT2D eigenvalue weighted by atomic mass is 9.96. The molecule has 1 N–H and O–H groups in total. The van der Waals surface area contributed by atoms with Crippen LogP contribution >= 0.6 is 12.6 Å². The van der Waals surface area contributed by atoms with Crippen molar-refractivity contribution < 1.29 is 14.0 Å². The standard InChI is InChI=1S/C15H19FN2O2S/c1-10(19)17-9-11-4-6-18(7-5-11)15(20)13-8-12(21)2-3-14(13)16/h2-3,8,11,21H,4-7,9H2,1H3,(H,17,19). The average Bonchev–Trinajstić information content (AvgIpc) is 2.47. The lowest BCUT2D eigenvalue weighted by Gasteiger charge is -2.32. The van der Waals surface area contributed by atoms with Gasteiger partial charge in [-0.1, -0.05) is 0 Å². The zero-order valence-electron chi connectivity index (χ0n) is 11.9. The predicted molar refractivity (Wildman–Crippen MR) is 81.0 cm³/mol. The van der Waals surface area contributed by atoms with Crippen LogP contribution in [0.25, 0.3) is 0 Å². The van der Waals surface area contributed by atoms with E-state index in [1.54, 1.807) is 4.90 Å². The largest absolute Gasteiger partial charge is 0.356 e. The summed E-state index contributed by atoms with van der Waals surface area (Å²) in [4.78, 5) is 25.4. The van der Waals surface area contributed by atoms with E-state index in [0.717, 1.165) is 12.8 Å². The number of piperidine rings is 1. The Hall–Kier alpha value is -1.56. The number of likely N-dealkylation sites (tertiary alicyclic amines) is 1. The molecule has 0 saturated carbocycles. The second kappa shape index (κ2) is 6.93. The summed E-state index contributed by atoms with van der Waals surface area (Å²) in [5, 5.41) is 2.80. The van der Waals surface area contributed by atoms with Crippen LogP contribution in [0.5, 0.6) is 0 Å². The molecule has 6 heteroatoms. The molecular weight excluding hydrogens is 291 g/mol. The van der Waals surface area contributed by atoms with Crippen molar-refractivity contribution in [1.82, 2.24) is 10.2 Å². The van der Waals surface area contributed by atoms with E-state index >= 15 is 0 Å². The van der Waals surface area contributed by atoms with Crippen LogP contribution in [-0.4, -0.2) is 36.3 Å². The van der Waals surface area contributed by atoms with Gasteiger partial charge in [-0.3, -0.25) is 9.59 Å². The van der Waals surface area contributed by atoms with Gasteiger partial charge in [0.2, 0.25) is 5.91 Å². The van der Waals surface area contributed by atoms with Crippen LogP contribution in [-0.2, 0) is 4.79 Å². The second-order valence-corrected chi connectivity index (χ2v) is 5.85. The molecule has 0 radical (unpaired) electrons. The summed E-state index contributed by atoms with van der Waals surface area (Å²) >= 11 is 4.14. The van der Waals surface area contributed by atoms with E-state index in [2.05, 4.69) is 17.9 Å². The van der Waals surface area contributed by atoms with Crippen molar-refractivity contribution in [3.63, 3.8) is 0 Å². The fraction of sp³-hybridized carbons (Fsp3) is 0.467. The number of carbonyl (C=O) groups is 2. The molecule has 1 heterocycles. The summed E-state index contributed by atoms with van der Waals surface area (Å²) in [5.74, 6) is -0.472. The van der Waals surface area contributed by atoms with Crippen LogP contribution in [0, 0.1) is 11.7 Å². The summed E-state index contributed by atoms with van der Waals surface area (Å²) in [6, 6.07) is 4.25. The Balaban J connectivity index is 1.94. The number of halogens is 1. The first-order valence-electron chi connectivity index (χ1n) is 6.99. The van der Waals surface area contributed by atoms with Crippen molar-refractivity contribution in [2.45, 2.75) is 24.7 Å². The summed E-state index contributed by atoms with van der Waals surface area (Å²) in [7, 11) is 0. The van der Waals surface area contributed by atoms with Gasteiger partial charge in [-0.05, 0) is 37.0 Å². The van der Waals surface area contributed by atoms with Gasteiger partial charge in [0.1, 0.15) is 5.82 Å². The molecule has 1 fully saturated rings. The Labute approximate surface area is 129 Å². The van der Waals surface area contributed by atoms with Gasteiger partial charge in [0.25, 0.3) is 5.91 Å². The third-order valence-electron chi connectivity index (χ3n) is 3.72. The summed E-state index contributed by atoms with van der Waals surface area (Å²) in [6.45, 7) is 3.29. The van der Waals surface area contributed by atoms with E-state index in [9.17, 15) is 14.0 Å². The molecule has 1 aromatic carbocycles. The molecule has 0 unspecified atom stereocenters. The van der Waals surface area contributed by atoms with Gasteiger partial charge in [-0.2, -0.15) is 0 Å². The van der Waals surface area contributed by atoms with E-state index in [1.807, 2.05) is 0 Å². The number of rotatable bonds is 3. The van der Waals surface area contributed by atoms with E-state index in [4.69, 9.17) is 0 Å². The minimum absolute atomic E-state index is 0.0406. The summed E-state index contributed by atoms with van der Waals surface area (Å²) in [6.07, 6.45) is 1.63. The fourth-order valence-corrected chi connectivity index (χ4v) is 2.68. The Morgan fingerprint density at radius 2 is 2.05 bits per heavy atom. The van der Waals surface area contributed by atoms with Crippen LogP contribution in [0.4, 0.5) is 4.39 Å². The van der Waals surface area contributed by atoms with Crippen LogP contribution in [0.3, 0.4) is 0 Å². The number of nitrogens with one attached hydrogen (secondary N) is 1. The van der Waals surface area contributed by atoms with Crippen LogP contribution in [0.1, 0.15) is 30.1 Å². The van der Waals surface area contributed by atoms with Crippen LogP contribution in [0.15, 0.2) is 23.1 Å². The van der Waals surface area contributed by atoms with Crippen molar-refractivity contribution in [2.75, 3.05) is 19.6 Å². The Bertz CT molecular complexity index is 542. The molecule has 114 valence electrons. The van der Waals surface area contributed by atoms with Crippen LogP contribution in [0.2, 0.25) is 0 Å². The minimum Gasteiger partial charge on any atom is -0.356 e. The number of thiol groups is 1. The fourth-order valence-electron chi connectivity index (χ4n) is 2.48. The molecule has 2 amide bonds. The maximum absolute atomic E-state index is 13.7. The van der Waals surface area contributed by atoms with Gasteiger partial charge in [0.05, 0.1) is 5.56 Å². The van der Waals surface area contributed by atoms with Gasteiger partial charge < -0.3 is 10.2 Å². The molecule has 2 rings (SSSR count). The van der Waals surface area contributed by atoms with Crippen molar-refractivity contribution in [3.05, 3.63) is 29.6 Å². The molecule has 1 aliphatic heterocycles. The molecule has 1 aromatic rings. The lowest BCUT2D eigenvalue weighted by Crippen LogP contribution is -2.41. The molecule has 0 atom stereocenters. The quantitative estimate of drug-likeness (QED) is 0.840. The van der Waals surface area contributed by atoms with Gasteiger partial charge >= 0.3 is 0 Å². The lowest BCUT2D eigenvalue weighted by molar-refractivity contribution is -0.119. The van der Waals surface area contributed by atoms with Gasteiger partial charge in [0.15, 0.2) is 0 Å². The maximum Gasteiger partial charge on any atom is 0.256 e. The smallest absolute Gasteiger partial charge is 0.256 e. The second-order valence-electron chi connectivity index (χ2n) is 5.34. The van der Waals surface area contributed by atoms with E-state index in [0.29, 0.717) is 30.4 Å². The zero-order valence-corrected chi connectivity index (χ0v) is 12.8. The van der Waals surface area contributed by atoms with Crippen molar-refractivity contribution in [2.24, 2.45) is 5.92 Å². The van der Waals surface area contributed by atoms with Crippen molar-refractivity contribution in [1.29, 1.82) is 0 Å². The van der Waals surface area contributed by atoms with E-state index < -0.39 is 5.82 Å². The predicted octanol–water partition coefficient (Wildman–Crippen LogP) is 2.10. The average molecular weight is 310 g/mol. The highest BCUT2D eigenvalue weighted by Gasteiger charge is 2.25. The Morgan fingerprint density at radius 3 is 2.67 bits per heavy atom. The number of nitrogens with zero attached hydrogens (tertiary/aromatic N) is 1. The monoisotopic (exact) mass is 310 g/mol. The molecule has 21 heavy (non-hydrogen) atoms. The molecule has 1 saturated heterocycles. The van der Waals surface area contributed by atoms with Gasteiger partial charge in [-0.25, -0.2) is 4.39 Å². The topological polar surface area (TPSA) is 49.4 Å². The number of carbonyl (C=O) groups excluding carboxylic acids is 2. The number of benzene rings is 1. The highest BCUT2D eigenvalue weighted by Crippen LogP contribution is 2.21. The van der Waals surface area contributed by atoms with Gasteiger partial charge in [0, 0.05) is 31.5 Å². The van der Waals surface area contributed by atoms with Crippen LogP contribution < -0.4 is 5.32 Å². The molecule has 0 aromatic heterocycles. The number of hydrogen-bond acceptors (Lipinski definition) is 3. The third kappa shape index (κ3) is 4.20. The maximum atomic E-state index is 13.7. The van der Waals surface area contributed by atoms with Crippen molar-refractivity contribution >= 4 is 24.4 Å². The van der Waals surface area contributed by atoms with Gasteiger partial charge in [-0.15, -0.1) is 12.6 Å². The molecule has 0 aliphatic carbocycles. The number of amides is 2. The SMILES string of the molecule is CC(=O)NCC1CCN(C(=O)c2cc(S)ccc2F)CC1. The molecular formula is C15H19FN2O2S. The van der Waals surface area contributed by atoms with E-state index in [-0.39, 0.29) is 17.4 Å². The first-order chi connectivity index (χ1) is 9.97. The third-order valence-corrected chi connectivity index (χ3v) is 4.00. The van der Waals surface area contributed by atoms with Crippen molar-refractivity contribution in [3.8, 4) is 0 Å². The first-order valence-corrected chi connectivity index (χ1v) is 7.44. The highest BCUT2D eigenvalue weighted by molar-refractivity contribution is 7.80. The van der Waals surface area contributed by atoms with E-state index in [1.165, 1.54) is 25.1 Å². The zero-order chi connectivity index (χ0) is 15.4. The molecule has 0 bridgehead atoms. The summed E-state index contributed by atoms with van der Waals surface area (Å²) in [5.41, 5.74) is 0.0720. The molecule has 1 aliphatic rings. The highest BCUT2D eigenvalue weighted by atomic mass is 32.1. The summed E-state index contributed by atoms with van der Waals surface area (Å²) < 4.78 is 13.7. The minimum atomic E-state index is -0.516. The Morgan fingerprint density at radius 1 is 1.38 bits per heavy atom. The normalized spacial score (nSPS) is 15.9.